The summed E-state index contributed by atoms with van der Waals surface area (Å²) in [5, 5.41) is 0. The Hall–Kier alpha value is -3.80. The lowest BCUT2D eigenvalue weighted by atomic mass is 10.0. The zero-order chi connectivity index (χ0) is 22.8. The zero-order valence-corrected chi connectivity index (χ0v) is 19.1. The SMILES string of the molecule is COc1ncccc1N1CCN(C(=O)c2ccc(N3CC=Cc4ccccc43)c(C)c2)CC1. The molecule has 6 nitrogen and oxygen atoms in total. The number of amides is 1. The first-order chi connectivity index (χ1) is 16.2. The highest BCUT2D eigenvalue weighted by Crippen LogP contribution is 2.34. The number of pyridine rings is 1. The Labute approximate surface area is 194 Å². The average molecular weight is 441 g/mol. The Morgan fingerprint density at radius 1 is 0.939 bits per heavy atom. The lowest BCUT2D eigenvalue weighted by Gasteiger charge is -2.36. The summed E-state index contributed by atoms with van der Waals surface area (Å²) in [5.74, 6) is 0.707. The van der Waals surface area contributed by atoms with Gasteiger partial charge in [-0.05, 0) is 54.4 Å². The highest BCUT2D eigenvalue weighted by Gasteiger charge is 2.25. The molecular formula is C27H28N4O2. The summed E-state index contributed by atoms with van der Waals surface area (Å²) in [6, 6.07) is 18.4. The molecule has 3 aromatic rings. The van der Waals surface area contributed by atoms with Gasteiger partial charge in [0.1, 0.15) is 0 Å². The van der Waals surface area contributed by atoms with Gasteiger partial charge in [-0.2, -0.15) is 0 Å². The molecule has 33 heavy (non-hydrogen) atoms. The van der Waals surface area contributed by atoms with Gasteiger partial charge in [-0.3, -0.25) is 4.79 Å². The van der Waals surface area contributed by atoms with Crippen LogP contribution in [-0.2, 0) is 0 Å². The van der Waals surface area contributed by atoms with Crippen molar-refractivity contribution in [1.82, 2.24) is 9.88 Å². The maximum absolute atomic E-state index is 13.2. The second kappa shape index (κ2) is 8.98. The van der Waals surface area contributed by atoms with Crippen LogP contribution in [0, 0.1) is 6.92 Å². The second-order valence-corrected chi connectivity index (χ2v) is 8.38. The summed E-state index contributed by atoms with van der Waals surface area (Å²) in [4.78, 5) is 24.0. The Morgan fingerprint density at radius 3 is 2.52 bits per heavy atom. The lowest BCUT2D eigenvalue weighted by molar-refractivity contribution is 0.0746. The van der Waals surface area contributed by atoms with Gasteiger partial charge >= 0.3 is 0 Å². The van der Waals surface area contributed by atoms with E-state index in [0.717, 1.165) is 42.1 Å². The summed E-state index contributed by atoms with van der Waals surface area (Å²) < 4.78 is 5.40. The molecule has 5 rings (SSSR count). The number of anilines is 3. The van der Waals surface area contributed by atoms with Crippen molar-refractivity contribution in [2.24, 2.45) is 0 Å². The van der Waals surface area contributed by atoms with Gasteiger partial charge in [-0.15, -0.1) is 0 Å². The number of piperazine rings is 1. The number of para-hydroxylation sites is 1. The standard InChI is InChI=1S/C27H28N4O2/c1-20-19-22(11-12-23(20)31-14-6-8-21-7-3-4-9-24(21)31)27(32)30-17-15-29(16-18-30)25-10-5-13-28-26(25)33-2/h3-13,19H,14-18H2,1-2H3. The summed E-state index contributed by atoms with van der Waals surface area (Å²) in [6.45, 7) is 5.75. The number of ether oxygens (including phenoxy) is 1. The van der Waals surface area contributed by atoms with E-state index in [4.69, 9.17) is 4.74 Å². The van der Waals surface area contributed by atoms with Gasteiger partial charge < -0.3 is 19.4 Å². The van der Waals surface area contributed by atoms with Crippen LogP contribution in [0.5, 0.6) is 5.88 Å². The lowest BCUT2D eigenvalue weighted by Crippen LogP contribution is -2.49. The van der Waals surface area contributed by atoms with Crippen molar-refractivity contribution >= 4 is 29.0 Å². The minimum atomic E-state index is 0.0846. The van der Waals surface area contributed by atoms with E-state index in [1.807, 2.05) is 29.2 Å². The van der Waals surface area contributed by atoms with Crippen LogP contribution in [0.2, 0.25) is 0 Å². The molecule has 1 saturated heterocycles. The molecule has 0 saturated carbocycles. The van der Waals surface area contributed by atoms with E-state index in [1.165, 1.54) is 11.3 Å². The molecule has 1 amide bonds. The first kappa shape index (κ1) is 21.1. The largest absolute Gasteiger partial charge is 0.480 e. The van der Waals surface area contributed by atoms with E-state index in [-0.39, 0.29) is 5.91 Å². The third kappa shape index (κ3) is 4.04. The first-order valence-electron chi connectivity index (χ1n) is 11.3. The van der Waals surface area contributed by atoms with Gasteiger partial charge in [0.05, 0.1) is 12.8 Å². The number of hydrogen-bond acceptors (Lipinski definition) is 5. The number of rotatable bonds is 4. The van der Waals surface area contributed by atoms with E-state index in [9.17, 15) is 4.79 Å². The first-order valence-corrected chi connectivity index (χ1v) is 11.3. The topological polar surface area (TPSA) is 48.9 Å². The Balaban J connectivity index is 1.30. The van der Waals surface area contributed by atoms with Crippen LogP contribution >= 0.6 is 0 Å². The second-order valence-electron chi connectivity index (χ2n) is 8.38. The van der Waals surface area contributed by atoms with Crippen molar-refractivity contribution in [1.29, 1.82) is 0 Å². The predicted molar refractivity (Wildman–Crippen MR) is 133 cm³/mol. The van der Waals surface area contributed by atoms with E-state index < -0.39 is 0 Å². The van der Waals surface area contributed by atoms with Gasteiger partial charge in [0.25, 0.3) is 5.91 Å². The highest BCUT2D eigenvalue weighted by atomic mass is 16.5. The number of nitrogens with zero attached hydrogens (tertiary/aromatic N) is 4. The molecule has 0 unspecified atom stereocenters. The van der Waals surface area contributed by atoms with E-state index in [2.05, 4.69) is 64.2 Å². The molecule has 2 aromatic carbocycles. The molecule has 1 fully saturated rings. The summed E-state index contributed by atoms with van der Waals surface area (Å²) >= 11 is 0. The number of carbonyl (C=O) groups excluding carboxylic acids is 1. The Kier molecular flexibility index (Phi) is 5.73. The Bertz CT molecular complexity index is 1200. The number of methoxy groups -OCH3 is 1. The van der Waals surface area contributed by atoms with Crippen molar-refractivity contribution in [3.8, 4) is 5.88 Å². The molecule has 0 atom stereocenters. The smallest absolute Gasteiger partial charge is 0.253 e. The summed E-state index contributed by atoms with van der Waals surface area (Å²) in [5.41, 5.74) is 6.37. The van der Waals surface area contributed by atoms with E-state index >= 15 is 0 Å². The van der Waals surface area contributed by atoms with Gasteiger partial charge in [-0.1, -0.05) is 30.4 Å². The number of aryl methyl sites for hydroxylation is 1. The fourth-order valence-corrected chi connectivity index (χ4v) is 4.69. The summed E-state index contributed by atoms with van der Waals surface area (Å²) in [7, 11) is 1.64. The normalized spacial score (nSPS) is 15.4. The number of benzene rings is 2. The van der Waals surface area contributed by atoms with Gasteiger partial charge in [0.2, 0.25) is 5.88 Å². The fourth-order valence-electron chi connectivity index (χ4n) is 4.69. The number of fused-ring (bicyclic) bond motifs is 1. The number of aromatic nitrogens is 1. The molecule has 6 heteroatoms. The molecule has 1 aromatic heterocycles. The van der Waals surface area contributed by atoms with Crippen molar-refractivity contribution in [2.75, 3.05) is 49.6 Å². The van der Waals surface area contributed by atoms with Crippen LogP contribution in [0.25, 0.3) is 6.08 Å². The van der Waals surface area contributed by atoms with Crippen LogP contribution in [0.15, 0.2) is 66.9 Å². The van der Waals surface area contributed by atoms with Crippen LogP contribution in [0.3, 0.4) is 0 Å². The molecule has 0 N–H and O–H groups in total. The third-order valence-corrected chi connectivity index (χ3v) is 6.40. The molecule has 0 bridgehead atoms. The predicted octanol–water partition coefficient (Wildman–Crippen LogP) is 4.53. The van der Waals surface area contributed by atoms with E-state index in [0.29, 0.717) is 19.0 Å². The third-order valence-electron chi connectivity index (χ3n) is 6.40. The molecule has 0 radical (unpaired) electrons. The van der Waals surface area contributed by atoms with Gasteiger partial charge in [0, 0.05) is 55.9 Å². The number of hydrogen-bond donors (Lipinski definition) is 0. The fraction of sp³-hybridized carbons (Fsp3) is 0.259. The molecule has 0 aliphatic carbocycles. The van der Waals surface area contributed by atoms with Crippen LogP contribution in [0.1, 0.15) is 21.5 Å². The molecule has 3 heterocycles. The molecule has 2 aliphatic heterocycles. The van der Waals surface area contributed by atoms with Crippen molar-refractivity contribution in [2.45, 2.75) is 6.92 Å². The van der Waals surface area contributed by atoms with Crippen LogP contribution in [-0.4, -0.2) is 55.6 Å². The maximum Gasteiger partial charge on any atom is 0.253 e. The van der Waals surface area contributed by atoms with Crippen LogP contribution in [0.4, 0.5) is 17.1 Å². The van der Waals surface area contributed by atoms with Crippen molar-refractivity contribution in [3.05, 3.63) is 83.6 Å². The molecular weight excluding hydrogens is 412 g/mol. The van der Waals surface area contributed by atoms with Crippen molar-refractivity contribution < 1.29 is 9.53 Å². The highest BCUT2D eigenvalue weighted by molar-refractivity contribution is 5.95. The Morgan fingerprint density at radius 2 is 1.73 bits per heavy atom. The minimum absolute atomic E-state index is 0.0846. The monoisotopic (exact) mass is 440 g/mol. The van der Waals surface area contributed by atoms with Crippen molar-refractivity contribution in [3.63, 3.8) is 0 Å². The molecule has 168 valence electrons. The van der Waals surface area contributed by atoms with Crippen LogP contribution < -0.4 is 14.5 Å². The summed E-state index contributed by atoms with van der Waals surface area (Å²) in [6.07, 6.45) is 6.07. The van der Waals surface area contributed by atoms with E-state index in [1.54, 1.807) is 13.3 Å². The number of carbonyl (C=O) groups is 1. The average Bonchev–Trinajstić information content (AvgIpc) is 2.88. The minimum Gasteiger partial charge on any atom is -0.480 e. The molecule has 2 aliphatic rings. The van der Waals surface area contributed by atoms with Gasteiger partial charge in [0.15, 0.2) is 0 Å². The maximum atomic E-state index is 13.2. The molecule has 0 spiro atoms. The quantitative estimate of drug-likeness (QED) is 0.597. The zero-order valence-electron chi connectivity index (χ0n) is 19.1. The van der Waals surface area contributed by atoms with Gasteiger partial charge in [-0.25, -0.2) is 4.98 Å².